The van der Waals surface area contributed by atoms with E-state index < -0.39 is 6.10 Å². The standard InChI is InChI=1S/C20H20N2O2/c23-20(19-17-7-3-1-5-14(17)10-12-24-19)21-11-9-16-13-15-6-2-4-8-18(15)22-16/h1-8,13,19,22H,9-12H2,(H,21,23). The molecule has 3 aromatic rings. The van der Waals surface area contributed by atoms with E-state index in [1.54, 1.807) is 0 Å². The molecule has 2 aromatic carbocycles. The molecule has 0 radical (unpaired) electrons. The molecule has 2 heterocycles. The van der Waals surface area contributed by atoms with E-state index in [1.165, 1.54) is 10.9 Å². The molecule has 122 valence electrons. The molecule has 0 bridgehead atoms. The monoisotopic (exact) mass is 320 g/mol. The molecule has 0 fully saturated rings. The van der Waals surface area contributed by atoms with E-state index in [0.29, 0.717) is 13.2 Å². The molecular weight excluding hydrogens is 300 g/mol. The van der Waals surface area contributed by atoms with Gasteiger partial charge >= 0.3 is 0 Å². The third kappa shape index (κ3) is 2.93. The zero-order valence-corrected chi connectivity index (χ0v) is 13.4. The van der Waals surface area contributed by atoms with Crippen LogP contribution in [0.3, 0.4) is 0 Å². The molecule has 1 aliphatic rings. The van der Waals surface area contributed by atoms with Gasteiger partial charge < -0.3 is 15.0 Å². The second-order valence-corrected chi connectivity index (χ2v) is 6.12. The lowest BCUT2D eigenvalue weighted by Gasteiger charge is -2.25. The van der Waals surface area contributed by atoms with Crippen LogP contribution >= 0.6 is 0 Å². The Morgan fingerprint density at radius 1 is 1.17 bits per heavy atom. The van der Waals surface area contributed by atoms with Crippen molar-refractivity contribution in [2.45, 2.75) is 18.9 Å². The molecular formula is C20H20N2O2. The molecule has 4 nitrogen and oxygen atoms in total. The second kappa shape index (κ2) is 6.49. The quantitative estimate of drug-likeness (QED) is 0.776. The number of para-hydroxylation sites is 1. The van der Waals surface area contributed by atoms with Gasteiger partial charge in [-0.05, 0) is 35.1 Å². The fraction of sp³-hybridized carbons (Fsp3) is 0.250. The number of carbonyl (C=O) groups is 1. The van der Waals surface area contributed by atoms with Crippen molar-refractivity contribution in [1.29, 1.82) is 0 Å². The molecule has 0 spiro atoms. The van der Waals surface area contributed by atoms with E-state index in [9.17, 15) is 4.79 Å². The van der Waals surface area contributed by atoms with Gasteiger partial charge in [-0.15, -0.1) is 0 Å². The normalized spacial score (nSPS) is 16.8. The van der Waals surface area contributed by atoms with Crippen LogP contribution in [0, 0.1) is 0 Å². The molecule has 2 N–H and O–H groups in total. The van der Waals surface area contributed by atoms with E-state index in [2.05, 4.69) is 34.6 Å². The van der Waals surface area contributed by atoms with Crippen molar-refractivity contribution in [2.75, 3.05) is 13.2 Å². The third-order valence-electron chi connectivity index (χ3n) is 4.51. The highest BCUT2D eigenvalue weighted by Crippen LogP contribution is 2.26. The number of nitrogens with one attached hydrogen (secondary N) is 2. The molecule has 0 saturated heterocycles. The van der Waals surface area contributed by atoms with Gasteiger partial charge in [0.05, 0.1) is 6.61 Å². The third-order valence-corrected chi connectivity index (χ3v) is 4.51. The maximum Gasteiger partial charge on any atom is 0.253 e. The van der Waals surface area contributed by atoms with Crippen molar-refractivity contribution >= 4 is 16.8 Å². The molecule has 24 heavy (non-hydrogen) atoms. The molecule has 1 aromatic heterocycles. The number of carbonyl (C=O) groups excluding carboxylic acids is 1. The van der Waals surface area contributed by atoms with Crippen LogP contribution in [0.5, 0.6) is 0 Å². The van der Waals surface area contributed by atoms with Gasteiger partial charge in [-0.25, -0.2) is 0 Å². The predicted octanol–water partition coefficient (Wildman–Crippen LogP) is 3.14. The number of fused-ring (bicyclic) bond motifs is 2. The first-order chi connectivity index (χ1) is 11.8. The summed E-state index contributed by atoms with van der Waals surface area (Å²) in [5.41, 5.74) is 4.45. The van der Waals surface area contributed by atoms with Crippen LogP contribution in [-0.4, -0.2) is 24.0 Å². The van der Waals surface area contributed by atoms with Gasteiger partial charge in [0, 0.05) is 24.2 Å². The molecule has 1 unspecified atom stereocenters. The Kier molecular flexibility index (Phi) is 4.05. The SMILES string of the molecule is O=C(NCCc1cc2ccccc2[nH]1)C1OCCc2ccccc21. The minimum absolute atomic E-state index is 0.0572. The van der Waals surface area contributed by atoms with Crippen LogP contribution in [0.2, 0.25) is 0 Å². The zero-order chi connectivity index (χ0) is 16.4. The van der Waals surface area contributed by atoms with Gasteiger partial charge in [-0.3, -0.25) is 4.79 Å². The van der Waals surface area contributed by atoms with Crippen LogP contribution in [0.4, 0.5) is 0 Å². The van der Waals surface area contributed by atoms with E-state index >= 15 is 0 Å². The number of ether oxygens (including phenoxy) is 1. The fourth-order valence-electron chi connectivity index (χ4n) is 3.29. The summed E-state index contributed by atoms with van der Waals surface area (Å²) in [6.45, 7) is 1.19. The Labute approximate surface area is 140 Å². The number of amides is 1. The van der Waals surface area contributed by atoms with Crippen LogP contribution in [0.15, 0.2) is 54.6 Å². The number of hydrogen-bond acceptors (Lipinski definition) is 2. The van der Waals surface area contributed by atoms with Gasteiger partial charge in [0.2, 0.25) is 0 Å². The first kappa shape index (κ1) is 15.0. The lowest BCUT2D eigenvalue weighted by molar-refractivity contribution is -0.134. The van der Waals surface area contributed by atoms with Crippen molar-refractivity contribution in [3.8, 4) is 0 Å². The highest BCUT2D eigenvalue weighted by atomic mass is 16.5. The molecule has 1 aliphatic heterocycles. The Morgan fingerprint density at radius 3 is 2.92 bits per heavy atom. The minimum Gasteiger partial charge on any atom is -0.363 e. The highest BCUT2D eigenvalue weighted by Gasteiger charge is 2.26. The summed E-state index contributed by atoms with van der Waals surface area (Å²) in [7, 11) is 0. The summed E-state index contributed by atoms with van der Waals surface area (Å²) in [6, 6.07) is 18.3. The van der Waals surface area contributed by atoms with E-state index in [0.717, 1.165) is 29.6 Å². The summed E-state index contributed by atoms with van der Waals surface area (Å²) in [5.74, 6) is -0.0572. The largest absolute Gasteiger partial charge is 0.363 e. The van der Waals surface area contributed by atoms with Crippen LogP contribution in [0.25, 0.3) is 10.9 Å². The Balaban J connectivity index is 1.39. The molecule has 1 atom stereocenters. The van der Waals surface area contributed by atoms with E-state index in [1.807, 2.05) is 30.3 Å². The van der Waals surface area contributed by atoms with Crippen molar-refractivity contribution in [1.82, 2.24) is 10.3 Å². The molecule has 4 heteroatoms. The number of hydrogen-bond donors (Lipinski definition) is 2. The number of H-pyrrole nitrogens is 1. The lowest BCUT2D eigenvalue weighted by Crippen LogP contribution is -2.34. The van der Waals surface area contributed by atoms with Crippen molar-refractivity contribution in [3.63, 3.8) is 0 Å². The summed E-state index contributed by atoms with van der Waals surface area (Å²) in [6.07, 6.45) is 1.15. The average Bonchev–Trinajstić information content (AvgIpc) is 3.04. The summed E-state index contributed by atoms with van der Waals surface area (Å²) in [5, 5.41) is 4.20. The van der Waals surface area contributed by atoms with Gasteiger partial charge in [0.15, 0.2) is 6.10 Å². The Morgan fingerprint density at radius 2 is 2.00 bits per heavy atom. The fourth-order valence-corrected chi connectivity index (χ4v) is 3.29. The van der Waals surface area contributed by atoms with Crippen LogP contribution < -0.4 is 5.32 Å². The summed E-state index contributed by atoms with van der Waals surface area (Å²) >= 11 is 0. The van der Waals surface area contributed by atoms with Crippen molar-refractivity contribution in [2.24, 2.45) is 0 Å². The lowest BCUT2D eigenvalue weighted by atomic mass is 9.97. The van der Waals surface area contributed by atoms with Gasteiger partial charge in [-0.1, -0.05) is 42.5 Å². The molecule has 0 aliphatic carbocycles. The number of aromatic amines is 1. The average molecular weight is 320 g/mol. The van der Waals surface area contributed by atoms with Gasteiger partial charge in [0.25, 0.3) is 5.91 Å². The minimum atomic E-state index is -0.488. The second-order valence-electron chi connectivity index (χ2n) is 6.12. The molecule has 0 saturated carbocycles. The first-order valence-corrected chi connectivity index (χ1v) is 8.35. The molecule has 4 rings (SSSR count). The molecule has 1 amide bonds. The predicted molar refractivity (Wildman–Crippen MR) is 93.9 cm³/mol. The van der Waals surface area contributed by atoms with Crippen molar-refractivity contribution < 1.29 is 9.53 Å². The maximum atomic E-state index is 12.5. The number of rotatable bonds is 4. The van der Waals surface area contributed by atoms with E-state index in [-0.39, 0.29) is 5.91 Å². The maximum absolute atomic E-state index is 12.5. The van der Waals surface area contributed by atoms with Gasteiger partial charge in [0.1, 0.15) is 0 Å². The van der Waals surface area contributed by atoms with Crippen molar-refractivity contribution in [3.05, 3.63) is 71.4 Å². The zero-order valence-electron chi connectivity index (χ0n) is 13.4. The van der Waals surface area contributed by atoms with Crippen LogP contribution in [-0.2, 0) is 22.4 Å². The highest BCUT2D eigenvalue weighted by molar-refractivity contribution is 5.83. The summed E-state index contributed by atoms with van der Waals surface area (Å²) in [4.78, 5) is 15.9. The topological polar surface area (TPSA) is 54.1 Å². The summed E-state index contributed by atoms with van der Waals surface area (Å²) < 4.78 is 5.70. The number of benzene rings is 2. The first-order valence-electron chi connectivity index (χ1n) is 8.35. The van der Waals surface area contributed by atoms with E-state index in [4.69, 9.17) is 4.74 Å². The van der Waals surface area contributed by atoms with Crippen LogP contribution in [0.1, 0.15) is 22.9 Å². The van der Waals surface area contributed by atoms with Gasteiger partial charge in [-0.2, -0.15) is 0 Å². The Bertz CT molecular complexity index is 836. The smallest absolute Gasteiger partial charge is 0.253 e. The number of aromatic nitrogens is 1. The Hall–Kier alpha value is -2.59.